The zero-order valence-electron chi connectivity index (χ0n) is 9.43. The average molecular weight is 254 g/mol. The molecule has 6 heteroatoms. The summed E-state index contributed by atoms with van der Waals surface area (Å²) in [4.78, 5) is 16.2. The van der Waals surface area contributed by atoms with Crippen molar-refractivity contribution in [2.45, 2.75) is 6.92 Å². The molecule has 4 nitrogen and oxygen atoms in total. The van der Waals surface area contributed by atoms with Crippen LogP contribution in [0.25, 0.3) is 16.0 Å². The van der Waals surface area contributed by atoms with Crippen LogP contribution >= 0.6 is 11.3 Å². The SMILES string of the molecule is Cc1c(C(=O)[O-])sc2nc3ccccc3n12.[Na+]. The molecule has 0 aliphatic carbocycles. The molecule has 0 radical (unpaired) electrons. The molecule has 0 amide bonds. The van der Waals surface area contributed by atoms with E-state index in [4.69, 9.17) is 0 Å². The number of thiazole rings is 1. The van der Waals surface area contributed by atoms with Gasteiger partial charge in [0.25, 0.3) is 0 Å². The van der Waals surface area contributed by atoms with Gasteiger partial charge in [-0.2, -0.15) is 0 Å². The summed E-state index contributed by atoms with van der Waals surface area (Å²) in [6, 6.07) is 7.65. The van der Waals surface area contributed by atoms with Gasteiger partial charge in [-0.1, -0.05) is 23.5 Å². The molecule has 0 saturated carbocycles. The van der Waals surface area contributed by atoms with E-state index >= 15 is 0 Å². The molecular formula is C11H7N2NaO2S. The van der Waals surface area contributed by atoms with Gasteiger partial charge in [-0.3, -0.25) is 4.40 Å². The Labute approximate surface area is 123 Å². The Bertz CT molecular complexity index is 717. The number of benzene rings is 1. The van der Waals surface area contributed by atoms with Crippen LogP contribution in [0.2, 0.25) is 0 Å². The molecule has 3 aromatic rings. The number of aromatic carboxylic acids is 1. The van der Waals surface area contributed by atoms with Crippen LogP contribution in [0, 0.1) is 6.92 Å². The van der Waals surface area contributed by atoms with Gasteiger partial charge >= 0.3 is 29.6 Å². The van der Waals surface area contributed by atoms with E-state index in [1.165, 1.54) is 0 Å². The number of carbonyl (C=O) groups is 1. The van der Waals surface area contributed by atoms with Crippen LogP contribution < -0.4 is 34.7 Å². The summed E-state index contributed by atoms with van der Waals surface area (Å²) in [5.41, 5.74) is 2.48. The molecule has 2 aromatic heterocycles. The van der Waals surface area contributed by atoms with E-state index in [1.807, 2.05) is 28.7 Å². The first-order chi connectivity index (χ1) is 7.68. The molecule has 0 aliphatic rings. The Morgan fingerprint density at radius 1 is 1.41 bits per heavy atom. The van der Waals surface area contributed by atoms with Crippen molar-refractivity contribution in [2.75, 3.05) is 0 Å². The third-order valence-corrected chi connectivity index (χ3v) is 3.70. The van der Waals surface area contributed by atoms with Crippen LogP contribution in [0.3, 0.4) is 0 Å². The molecule has 0 bridgehead atoms. The number of carboxylic acid groups (broad SMARTS) is 1. The van der Waals surface area contributed by atoms with Crippen LogP contribution in [-0.4, -0.2) is 15.4 Å². The smallest absolute Gasteiger partial charge is 0.544 e. The van der Waals surface area contributed by atoms with E-state index in [2.05, 4.69) is 4.98 Å². The topological polar surface area (TPSA) is 57.4 Å². The summed E-state index contributed by atoms with van der Waals surface area (Å²) >= 11 is 1.15. The molecule has 0 saturated heterocycles. The number of hydrogen-bond acceptors (Lipinski definition) is 4. The van der Waals surface area contributed by atoms with Gasteiger partial charge in [-0.15, -0.1) is 0 Å². The van der Waals surface area contributed by atoms with Crippen molar-refractivity contribution in [3.8, 4) is 0 Å². The van der Waals surface area contributed by atoms with Gasteiger partial charge in [0, 0.05) is 5.69 Å². The normalized spacial score (nSPS) is 10.6. The van der Waals surface area contributed by atoms with Gasteiger partial charge in [0.2, 0.25) is 0 Å². The first-order valence-electron chi connectivity index (χ1n) is 4.76. The fourth-order valence-corrected chi connectivity index (χ4v) is 2.83. The predicted molar refractivity (Wildman–Crippen MR) is 59.6 cm³/mol. The second-order valence-corrected chi connectivity index (χ2v) is 4.50. The molecule has 17 heavy (non-hydrogen) atoms. The predicted octanol–water partition coefficient (Wildman–Crippen LogP) is -1.78. The summed E-state index contributed by atoms with van der Waals surface area (Å²) in [6.07, 6.45) is 0. The van der Waals surface area contributed by atoms with Crippen LogP contribution in [0.1, 0.15) is 15.4 Å². The number of aryl methyl sites for hydroxylation is 1. The van der Waals surface area contributed by atoms with E-state index in [-0.39, 0.29) is 34.4 Å². The minimum Gasteiger partial charge on any atom is -0.544 e. The molecule has 80 valence electrons. The number of para-hydroxylation sites is 2. The molecule has 0 N–H and O–H groups in total. The molecule has 2 heterocycles. The van der Waals surface area contributed by atoms with Crippen LogP contribution in [-0.2, 0) is 0 Å². The standard InChI is InChI=1S/C11H8N2O2S.Na/c1-6-9(10(14)15)16-11-12-7-4-2-3-5-8(7)13(6)11;/h2-5H,1H3,(H,14,15);/q;+1/p-1. The number of nitrogens with zero attached hydrogens (tertiary/aromatic N) is 2. The number of fused-ring (bicyclic) bond motifs is 3. The summed E-state index contributed by atoms with van der Waals surface area (Å²) in [6.45, 7) is 1.77. The van der Waals surface area contributed by atoms with E-state index < -0.39 is 5.97 Å². The molecule has 0 fully saturated rings. The Morgan fingerprint density at radius 2 is 2.12 bits per heavy atom. The Hall–Kier alpha value is -0.880. The largest absolute Gasteiger partial charge is 1.00 e. The van der Waals surface area contributed by atoms with E-state index in [9.17, 15) is 9.90 Å². The molecule has 0 spiro atoms. The van der Waals surface area contributed by atoms with Gasteiger partial charge in [0.05, 0.1) is 21.9 Å². The first-order valence-corrected chi connectivity index (χ1v) is 5.58. The number of rotatable bonds is 1. The summed E-state index contributed by atoms with van der Waals surface area (Å²) in [5, 5.41) is 10.9. The van der Waals surface area contributed by atoms with Crippen molar-refractivity contribution in [2.24, 2.45) is 0 Å². The maximum atomic E-state index is 10.9. The van der Waals surface area contributed by atoms with Crippen LogP contribution in [0.5, 0.6) is 0 Å². The molecule has 0 aliphatic heterocycles. The maximum Gasteiger partial charge on any atom is 1.00 e. The fraction of sp³-hybridized carbons (Fsp3) is 0.0909. The quantitative estimate of drug-likeness (QED) is 0.483. The Morgan fingerprint density at radius 3 is 2.82 bits per heavy atom. The van der Waals surface area contributed by atoms with Crippen molar-refractivity contribution >= 4 is 33.3 Å². The van der Waals surface area contributed by atoms with Gasteiger partial charge in [-0.25, -0.2) is 4.98 Å². The number of carboxylic acids is 1. The van der Waals surface area contributed by atoms with Crippen LogP contribution in [0.15, 0.2) is 24.3 Å². The van der Waals surface area contributed by atoms with Gasteiger partial charge < -0.3 is 9.90 Å². The Balaban J connectivity index is 0.00000108. The van der Waals surface area contributed by atoms with Crippen molar-refractivity contribution in [1.82, 2.24) is 9.38 Å². The molecule has 0 atom stereocenters. The number of carbonyl (C=O) groups excluding carboxylic acids is 1. The molecular weight excluding hydrogens is 247 g/mol. The summed E-state index contributed by atoms with van der Waals surface area (Å²) < 4.78 is 1.85. The number of aromatic nitrogens is 2. The van der Waals surface area contributed by atoms with Crippen molar-refractivity contribution in [1.29, 1.82) is 0 Å². The maximum absolute atomic E-state index is 10.9. The van der Waals surface area contributed by atoms with Crippen molar-refractivity contribution < 1.29 is 39.5 Å². The molecule has 1 aromatic carbocycles. The summed E-state index contributed by atoms with van der Waals surface area (Å²) in [7, 11) is 0. The Kier molecular flexibility index (Phi) is 3.27. The zero-order chi connectivity index (χ0) is 11.3. The molecule has 0 unspecified atom stereocenters. The summed E-state index contributed by atoms with van der Waals surface area (Å²) in [5.74, 6) is -1.14. The molecule has 3 rings (SSSR count). The van der Waals surface area contributed by atoms with E-state index in [0.717, 1.165) is 22.4 Å². The third-order valence-electron chi connectivity index (χ3n) is 2.57. The minimum atomic E-state index is -1.14. The van der Waals surface area contributed by atoms with Crippen molar-refractivity contribution in [3.05, 3.63) is 34.8 Å². The van der Waals surface area contributed by atoms with Crippen LogP contribution in [0.4, 0.5) is 0 Å². The number of hydrogen-bond donors (Lipinski definition) is 0. The number of imidazole rings is 1. The second-order valence-electron chi connectivity index (χ2n) is 3.52. The monoisotopic (exact) mass is 254 g/mol. The minimum absolute atomic E-state index is 0. The van der Waals surface area contributed by atoms with E-state index in [1.54, 1.807) is 6.92 Å². The second kappa shape index (κ2) is 4.42. The van der Waals surface area contributed by atoms with E-state index in [0.29, 0.717) is 10.7 Å². The first kappa shape index (κ1) is 12.6. The zero-order valence-corrected chi connectivity index (χ0v) is 12.2. The van der Waals surface area contributed by atoms with Gasteiger partial charge in [0.1, 0.15) is 0 Å². The average Bonchev–Trinajstić information content (AvgIpc) is 2.75. The van der Waals surface area contributed by atoms with Crippen molar-refractivity contribution in [3.63, 3.8) is 0 Å². The third kappa shape index (κ3) is 1.79. The van der Waals surface area contributed by atoms with Gasteiger partial charge in [0.15, 0.2) is 4.96 Å². The van der Waals surface area contributed by atoms with Gasteiger partial charge in [-0.05, 0) is 19.1 Å². The fourth-order valence-electron chi connectivity index (χ4n) is 1.85.